The lowest BCUT2D eigenvalue weighted by atomic mass is 10.2. The van der Waals surface area contributed by atoms with Crippen LogP contribution in [0.2, 0.25) is 0 Å². The molecule has 88 valence electrons. The maximum absolute atomic E-state index is 11.1. The van der Waals surface area contributed by atoms with Gasteiger partial charge in [-0.1, -0.05) is 0 Å². The fourth-order valence-electron chi connectivity index (χ4n) is 1.67. The van der Waals surface area contributed by atoms with Crippen LogP contribution in [0.3, 0.4) is 0 Å². The zero-order chi connectivity index (χ0) is 11.5. The third-order valence-electron chi connectivity index (χ3n) is 2.88. The van der Waals surface area contributed by atoms with Crippen molar-refractivity contribution in [1.82, 2.24) is 9.78 Å². The Morgan fingerprint density at radius 1 is 1.75 bits per heavy atom. The minimum Gasteiger partial charge on any atom is -0.468 e. The third-order valence-corrected chi connectivity index (χ3v) is 2.88. The normalized spacial score (nSPS) is 17.1. The molecule has 1 heterocycles. The molecule has 1 fully saturated rings. The van der Waals surface area contributed by atoms with Crippen LogP contribution in [0, 0.1) is 0 Å². The lowest BCUT2D eigenvalue weighted by molar-refractivity contribution is -0.142. The van der Waals surface area contributed by atoms with Gasteiger partial charge in [0, 0.05) is 12.7 Å². The van der Waals surface area contributed by atoms with Crippen molar-refractivity contribution in [1.29, 1.82) is 0 Å². The van der Waals surface area contributed by atoms with Crippen molar-refractivity contribution in [3.8, 4) is 0 Å². The van der Waals surface area contributed by atoms with Crippen molar-refractivity contribution in [3.05, 3.63) is 18.0 Å². The fourth-order valence-corrected chi connectivity index (χ4v) is 1.67. The molecular weight excluding hydrogens is 206 g/mol. The summed E-state index contributed by atoms with van der Waals surface area (Å²) in [7, 11) is 1.35. The van der Waals surface area contributed by atoms with Crippen molar-refractivity contribution in [3.63, 3.8) is 0 Å². The third kappa shape index (κ3) is 2.61. The topological polar surface area (TPSA) is 70.1 Å². The molecule has 0 aliphatic heterocycles. The number of hydrogen-bond donors (Lipinski definition) is 1. The van der Waals surface area contributed by atoms with E-state index in [1.54, 1.807) is 0 Å². The Bertz CT molecular complexity index is 371. The first-order valence-corrected chi connectivity index (χ1v) is 5.56. The van der Waals surface area contributed by atoms with Gasteiger partial charge in [0.1, 0.15) is 6.04 Å². The maximum atomic E-state index is 11.1. The summed E-state index contributed by atoms with van der Waals surface area (Å²) in [5.74, 6) is 0.345. The zero-order valence-corrected chi connectivity index (χ0v) is 9.43. The second-order valence-electron chi connectivity index (χ2n) is 4.23. The van der Waals surface area contributed by atoms with Gasteiger partial charge in [-0.05, 0) is 30.7 Å². The number of aryl methyl sites for hydroxylation is 1. The van der Waals surface area contributed by atoms with E-state index in [1.165, 1.54) is 25.5 Å². The van der Waals surface area contributed by atoms with Gasteiger partial charge in [-0.3, -0.25) is 9.48 Å². The Labute approximate surface area is 94.6 Å². The summed E-state index contributed by atoms with van der Waals surface area (Å²) < 4.78 is 6.40. The molecule has 0 radical (unpaired) electrons. The second-order valence-corrected chi connectivity index (χ2v) is 4.23. The molecule has 1 aliphatic carbocycles. The van der Waals surface area contributed by atoms with Crippen molar-refractivity contribution in [2.24, 2.45) is 5.73 Å². The Morgan fingerprint density at radius 3 is 3.12 bits per heavy atom. The highest BCUT2D eigenvalue weighted by Crippen LogP contribution is 2.39. The SMILES string of the molecule is COC(=O)C(N)CCn1cc(C2CC2)cn1. The second kappa shape index (κ2) is 4.65. The van der Waals surface area contributed by atoms with Crippen LogP contribution in [0.15, 0.2) is 12.4 Å². The Hall–Kier alpha value is -1.36. The van der Waals surface area contributed by atoms with E-state index in [0.717, 1.165) is 0 Å². The van der Waals surface area contributed by atoms with Crippen molar-refractivity contribution in [2.75, 3.05) is 7.11 Å². The van der Waals surface area contributed by atoms with Crippen LogP contribution in [0.5, 0.6) is 0 Å². The monoisotopic (exact) mass is 223 g/mol. The number of hydrogen-bond acceptors (Lipinski definition) is 4. The predicted octanol–water partition coefficient (Wildman–Crippen LogP) is 0.651. The lowest BCUT2D eigenvalue weighted by Crippen LogP contribution is -2.32. The maximum Gasteiger partial charge on any atom is 0.322 e. The largest absolute Gasteiger partial charge is 0.468 e. The molecule has 16 heavy (non-hydrogen) atoms. The number of ether oxygens (including phenoxy) is 1. The Kier molecular flexibility index (Phi) is 3.24. The molecule has 0 spiro atoms. The molecule has 0 bridgehead atoms. The van der Waals surface area contributed by atoms with Crippen LogP contribution >= 0.6 is 0 Å². The lowest BCUT2D eigenvalue weighted by Gasteiger charge is -2.08. The van der Waals surface area contributed by atoms with E-state index < -0.39 is 6.04 Å². The van der Waals surface area contributed by atoms with Crippen LogP contribution in [0.25, 0.3) is 0 Å². The first-order valence-electron chi connectivity index (χ1n) is 5.56. The molecule has 1 aromatic heterocycles. The van der Waals surface area contributed by atoms with Gasteiger partial charge >= 0.3 is 5.97 Å². The predicted molar refractivity (Wildman–Crippen MR) is 58.8 cm³/mol. The summed E-state index contributed by atoms with van der Waals surface area (Å²) in [6, 6.07) is -0.557. The molecule has 2 rings (SSSR count). The number of esters is 1. The molecule has 0 aromatic carbocycles. The van der Waals surface area contributed by atoms with Crippen molar-refractivity contribution < 1.29 is 9.53 Å². The van der Waals surface area contributed by atoms with Gasteiger partial charge in [0.25, 0.3) is 0 Å². The van der Waals surface area contributed by atoms with Crippen molar-refractivity contribution >= 4 is 5.97 Å². The summed E-state index contributed by atoms with van der Waals surface area (Å²) in [4.78, 5) is 11.1. The molecule has 1 aromatic rings. The number of carbonyl (C=O) groups is 1. The fraction of sp³-hybridized carbons (Fsp3) is 0.636. The van der Waals surface area contributed by atoms with Gasteiger partial charge in [-0.15, -0.1) is 0 Å². The quantitative estimate of drug-likeness (QED) is 0.744. The van der Waals surface area contributed by atoms with E-state index in [4.69, 9.17) is 5.73 Å². The molecule has 5 heteroatoms. The van der Waals surface area contributed by atoms with E-state index in [2.05, 4.69) is 9.84 Å². The summed E-state index contributed by atoms with van der Waals surface area (Å²) in [5.41, 5.74) is 6.94. The number of aromatic nitrogens is 2. The van der Waals surface area contributed by atoms with Gasteiger partial charge in [-0.25, -0.2) is 0 Å². The first kappa shape index (κ1) is 11.1. The zero-order valence-electron chi connectivity index (χ0n) is 9.43. The van der Waals surface area contributed by atoms with Crippen LogP contribution in [-0.4, -0.2) is 28.9 Å². The number of methoxy groups -OCH3 is 1. The highest BCUT2D eigenvalue weighted by Gasteiger charge is 2.24. The average molecular weight is 223 g/mol. The van der Waals surface area contributed by atoms with Gasteiger partial charge in [0.05, 0.1) is 13.3 Å². The smallest absolute Gasteiger partial charge is 0.322 e. The highest BCUT2D eigenvalue weighted by atomic mass is 16.5. The van der Waals surface area contributed by atoms with Gasteiger partial charge in [0.15, 0.2) is 0 Å². The summed E-state index contributed by atoms with van der Waals surface area (Å²) in [6.45, 7) is 0.656. The van der Waals surface area contributed by atoms with E-state index in [-0.39, 0.29) is 5.97 Å². The van der Waals surface area contributed by atoms with Crippen LogP contribution < -0.4 is 5.73 Å². The number of nitrogens with two attached hydrogens (primary N) is 1. The molecular formula is C11H17N3O2. The molecule has 1 aliphatic rings. The molecule has 1 unspecified atom stereocenters. The number of rotatable bonds is 5. The Balaban J connectivity index is 1.82. The van der Waals surface area contributed by atoms with Crippen LogP contribution in [0.1, 0.15) is 30.7 Å². The van der Waals surface area contributed by atoms with Crippen molar-refractivity contribution in [2.45, 2.75) is 37.8 Å². The first-order chi connectivity index (χ1) is 7.70. The van der Waals surface area contributed by atoms with E-state index in [9.17, 15) is 4.79 Å². The molecule has 5 nitrogen and oxygen atoms in total. The molecule has 1 saturated carbocycles. The number of carbonyl (C=O) groups excluding carboxylic acids is 1. The van der Waals surface area contributed by atoms with Crippen LogP contribution in [-0.2, 0) is 16.1 Å². The van der Waals surface area contributed by atoms with Crippen LogP contribution in [0.4, 0.5) is 0 Å². The highest BCUT2D eigenvalue weighted by molar-refractivity contribution is 5.75. The van der Waals surface area contributed by atoms with E-state index >= 15 is 0 Å². The number of nitrogens with zero attached hydrogens (tertiary/aromatic N) is 2. The van der Waals surface area contributed by atoms with E-state index in [1.807, 2.05) is 17.1 Å². The molecule has 1 atom stereocenters. The summed E-state index contributed by atoms with van der Waals surface area (Å²) in [5, 5.41) is 4.24. The summed E-state index contributed by atoms with van der Waals surface area (Å²) in [6.07, 6.45) is 7.04. The molecule has 0 saturated heterocycles. The van der Waals surface area contributed by atoms with Gasteiger partial charge in [0.2, 0.25) is 0 Å². The van der Waals surface area contributed by atoms with Gasteiger partial charge in [-0.2, -0.15) is 5.10 Å². The van der Waals surface area contributed by atoms with E-state index in [0.29, 0.717) is 18.9 Å². The average Bonchev–Trinajstić information content (AvgIpc) is 3.05. The van der Waals surface area contributed by atoms with Gasteiger partial charge < -0.3 is 10.5 Å². The summed E-state index contributed by atoms with van der Waals surface area (Å²) >= 11 is 0. The minimum absolute atomic E-state index is 0.366. The Morgan fingerprint density at radius 2 is 2.50 bits per heavy atom. The molecule has 0 amide bonds. The standard InChI is InChI=1S/C11H17N3O2/c1-16-11(15)10(12)4-5-14-7-9(6-13-14)8-2-3-8/h6-8,10H,2-5,12H2,1H3. The minimum atomic E-state index is -0.557. The molecule has 2 N–H and O–H groups in total.